The predicted molar refractivity (Wildman–Crippen MR) is 165 cm³/mol. The summed E-state index contributed by atoms with van der Waals surface area (Å²) in [6.45, 7) is 3.96. The summed E-state index contributed by atoms with van der Waals surface area (Å²) in [6.07, 6.45) is 3.65. The van der Waals surface area contributed by atoms with Crippen molar-refractivity contribution in [3.8, 4) is 0 Å². The minimum atomic E-state index is -1.19. The number of para-hydroxylation sites is 1. The van der Waals surface area contributed by atoms with Crippen LogP contribution in [-0.4, -0.2) is 74.9 Å². The van der Waals surface area contributed by atoms with Gasteiger partial charge in [-0.1, -0.05) is 54.6 Å². The fourth-order valence-corrected chi connectivity index (χ4v) is 6.07. The molecular formula is C34H36N4O4. The smallest absolute Gasteiger partial charge is 0.337 e. The highest BCUT2D eigenvalue weighted by Gasteiger charge is 2.58. The number of methoxy groups -OCH3 is 1. The molecule has 3 aromatic rings. The number of ether oxygens (including phenoxy) is 2. The largest absolute Gasteiger partial charge is 0.466 e. The molecule has 2 N–H and O–H groups in total. The molecule has 1 amide bonds. The van der Waals surface area contributed by atoms with Crippen LogP contribution in [0.15, 0.2) is 108 Å². The van der Waals surface area contributed by atoms with Crippen molar-refractivity contribution in [1.82, 2.24) is 4.90 Å². The zero-order valence-electron chi connectivity index (χ0n) is 24.0. The van der Waals surface area contributed by atoms with E-state index in [1.54, 1.807) is 0 Å². The first-order valence-corrected chi connectivity index (χ1v) is 14.4. The Bertz CT molecular complexity index is 1440. The van der Waals surface area contributed by atoms with Gasteiger partial charge in [-0.15, -0.1) is 0 Å². The minimum Gasteiger partial charge on any atom is -0.466 e. The van der Waals surface area contributed by atoms with Crippen molar-refractivity contribution in [3.63, 3.8) is 0 Å². The highest BCUT2D eigenvalue weighted by molar-refractivity contribution is 6.12. The van der Waals surface area contributed by atoms with Crippen molar-refractivity contribution in [2.45, 2.75) is 24.2 Å². The Morgan fingerprint density at radius 1 is 0.929 bits per heavy atom. The molecule has 6 rings (SSSR count). The van der Waals surface area contributed by atoms with Crippen molar-refractivity contribution in [3.05, 3.63) is 114 Å². The number of fused-ring (bicyclic) bond motifs is 2. The molecule has 1 saturated heterocycles. The van der Waals surface area contributed by atoms with Gasteiger partial charge >= 0.3 is 5.97 Å². The van der Waals surface area contributed by atoms with Crippen LogP contribution in [0.5, 0.6) is 0 Å². The lowest BCUT2D eigenvalue weighted by atomic mass is 9.78. The topological polar surface area (TPSA) is 83.1 Å². The second kappa shape index (κ2) is 11.8. The Morgan fingerprint density at radius 2 is 1.60 bits per heavy atom. The van der Waals surface area contributed by atoms with Crippen molar-refractivity contribution in [2.24, 2.45) is 0 Å². The molecule has 8 nitrogen and oxygen atoms in total. The van der Waals surface area contributed by atoms with Gasteiger partial charge in [0.05, 0.1) is 24.3 Å². The molecule has 3 unspecified atom stereocenters. The van der Waals surface area contributed by atoms with E-state index in [-0.39, 0.29) is 17.1 Å². The second-order valence-electron chi connectivity index (χ2n) is 11.0. The minimum absolute atomic E-state index is 0.230. The van der Waals surface area contributed by atoms with Crippen LogP contribution in [-0.2, 0) is 25.5 Å². The third-order valence-electron chi connectivity index (χ3n) is 8.33. The van der Waals surface area contributed by atoms with Crippen LogP contribution in [0.3, 0.4) is 0 Å². The molecule has 0 spiro atoms. The lowest BCUT2D eigenvalue weighted by Gasteiger charge is -2.36. The van der Waals surface area contributed by atoms with Crippen LogP contribution < -0.4 is 15.5 Å². The Balaban J connectivity index is 1.30. The van der Waals surface area contributed by atoms with Gasteiger partial charge in [0.15, 0.2) is 0 Å². The lowest BCUT2D eigenvalue weighted by molar-refractivity contribution is -0.138. The van der Waals surface area contributed by atoms with Crippen LogP contribution in [0.2, 0.25) is 0 Å². The number of hydrogen-bond acceptors (Lipinski definition) is 7. The van der Waals surface area contributed by atoms with Crippen LogP contribution >= 0.6 is 0 Å². The van der Waals surface area contributed by atoms with Gasteiger partial charge in [0, 0.05) is 43.2 Å². The van der Waals surface area contributed by atoms with Gasteiger partial charge < -0.3 is 29.9 Å². The Labute approximate surface area is 246 Å². The summed E-state index contributed by atoms with van der Waals surface area (Å²) in [4.78, 5) is 31.9. The number of esters is 1. The van der Waals surface area contributed by atoms with E-state index in [0.29, 0.717) is 12.1 Å². The van der Waals surface area contributed by atoms with E-state index in [0.717, 1.165) is 43.1 Å². The fraction of sp³-hybridized carbons (Fsp3) is 0.294. The molecule has 0 radical (unpaired) electrons. The second-order valence-corrected chi connectivity index (χ2v) is 11.0. The summed E-state index contributed by atoms with van der Waals surface area (Å²) in [5, 5.41) is 6.59. The summed E-state index contributed by atoms with van der Waals surface area (Å²) in [7, 11) is 3.47. The molecule has 3 atom stereocenters. The Morgan fingerprint density at radius 3 is 2.26 bits per heavy atom. The highest BCUT2D eigenvalue weighted by atomic mass is 16.5. The molecule has 2 bridgehead atoms. The van der Waals surface area contributed by atoms with Crippen molar-refractivity contribution in [1.29, 1.82) is 0 Å². The molecule has 3 aliphatic heterocycles. The van der Waals surface area contributed by atoms with Crippen molar-refractivity contribution >= 4 is 28.9 Å². The number of anilines is 3. The van der Waals surface area contributed by atoms with E-state index in [4.69, 9.17) is 9.47 Å². The van der Waals surface area contributed by atoms with Crippen LogP contribution in [0.4, 0.5) is 17.1 Å². The van der Waals surface area contributed by atoms with Crippen LogP contribution in [0.1, 0.15) is 5.56 Å². The zero-order valence-corrected chi connectivity index (χ0v) is 24.0. The molecule has 3 aromatic carbocycles. The van der Waals surface area contributed by atoms with Gasteiger partial charge in [0.25, 0.3) is 5.91 Å². The molecular weight excluding hydrogens is 528 g/mol. The SMILES string of the molecule is COC(=O)C1=C(C(=O)Nc2ccc(N3CCN(C)CC3)cc2)C2C=CC1(C(Cc1ccccc1)Nc1ccccc1)O2. The zero-order chi connectivity index (χ0) is 29.1. The van der Waals surface area contributed by atoms with Gasteiger partial charge in [-0.3, -0.25) is 4.79 Å². The maximum atomic E-state index is 13.8. The maximum absolute atomic E-state index is 13.8. The van der Waals surface area contributed by atoms with Crippen LogP contribution in [0, 0.1) is 0 Å². The predicted octanol–water partition coefficient (Wildman–Crippen LogP) is 4.28. The van der Waals surface area contributed by atoms with E-state index < -0.39 is 23.7 Å². The summed E-state index contributed by atoms with van der Waals surface area (Å²) >= 11 is 0. The number of nitrogens with one attached hydrogen (secondary N) is 2. The molecule has 216 valence electrons. The number of hydrogen-bond donors (Lipinski definition) is 2. The molecule has 0 aromatic heterocycles. The molecule has 42 heavy (non-hydrogen) atoms. The number of likely N-dealkylation sites (N-methyl/N-ethyl adjacent to an activating group) is 1. The number of carbonyl (C=O) groups is 2. The highest BCUT2D eigenvalue weighted by Crippen LogP contribution is 2.47. The molecule has 1 fully saturated rings. The first-order chi connectivity index (χ1) is 20.5. The lowest BCUT2D eigenvalue weighted by Crippen LogP contribution is -2.49. The molecule has 0 saturated carbocycles. The Kier molecular flexibility index (Phi) is 7.82. The Hall–Kier alpha value is -4.40. The molecule has 0 aliphatic carbocycles. The number of nitrogens with zero attached hydrogens (tertiary/aromatic N) is 2. The number of benzene rings is 3. The summed E-state index contributed by atoms with van der Waals surface area (Å²) in [6, 6.07) is 27.3. The van der Waals surface area contributed by atoms with E-state index >= 15 is 0 Å². The summed E-state index contributed by atoms with van der Waals surface area (Å²) in [5.41, 5.74) is 3.05. The van der Waals surface area contributed by atoms with Gasteiger partial charge in [0.2, 0.25) is 0 Å². The number of piperazine rings is 1. The molecule has 3 aliphatic rings. The van der Waals surface area contributed by atoms with E-state index in [1.165, 1.54) is 7.11 Å². The average Bonchev–Trinajstić information content (AvgIpc) is 3.61. The quantitative estimate of drug-likeness (QED) is 0.297. The van der Waals surface area contributed by atoms with Crippen LogP contribution in [0.25, 0.3) is 0 Å². The van der Waals surface area contributed by atoms with E-state index in [1.807, 2.05) is 97.1 Å². The third kappa shape index (κ3) is 5.43. The first-order valence-electron chi connectivity index (χ1n) is 14.4. The third-order valence-corrected chi connectivity index (χ3v) is 8.33. The van der Waals surface area contributed by atoms with Gasteiger partial charge in [-0.25, -0.2) is 4.79 Å². The van der Waals surface area contributed by atoms with Gasteiger partial charge in [0.1, 0.15) is 11.7 Å². The van der Waals surface area contributed by atoms with Crippen molar-refractivity contribution < 1.29 is 19.1 Å². The monoisotopic (exact) mass is 564 g/mol. The number of carbonyl (C=O) groups excluding carboxylic acids is 2. The first kappa shape index (κ1) is 27.8. The molecule has 8 heteroatoms. The fourth-order valence-electron chi connectivity index (χ4n) is 6.07. The van der Waals surface area contributed by atoms with E-state index in [2.05, 4.69) is 27.5 Å². The number of rotatable bonds is 9. The molecule has 3 heterocycles. The van der Waals surface area contributed by atoms with E-state index in [9.17, 15) is 9.59 Å². The van der Waals surface area contributed by atoms with Crippen molar-refractivity contribution in [2.75, 3.05) is 55.9 Å². The van der Waals surface area contributed by atoms with Gasteiger partial charge in [-0.05, 0) is 61.5 Å². The normalized spacial score (nSPS) is 22.2. The average molecular weight is 565 g/mol. The summed E-state index contributed by atoms with van der Waals surface area (Å²) in [5.74, 6) is -0.956. The maximum Gasteiger partial charge on any atom is 0.337 e. The summed E-state index contributed by atoms with van der Waals surface area (Å²) < 4.78 is 11.8. The number of amides is 1. The standard InChI is InChI=1S/C34H36N4O4/c1-37-19-21-38(22-20-37)27-15-13-26(14-16-27)36-32(39)30-28-17-18-34(42-28,31(30)33(40)41-2)29(23-24-9-5-3-6-10-24)35-25-11-7-4-8-12-25/h3-18,28-29,35H,19-23H2,1-2H3,(H,36,39). The van der Waals surface area contributed by atoms with Gasteiger partial charge in [-0.2, -0.15) is 0 Å².